The quantitative estimate of drug-likeness (QED) is 0.158. The van der Waals surface area contributed by atoms with Crippen LogP contribution in [0.25, 0.3) is 5.57 Å². The second-order valence-corrected chi connectivity index (χ2v) is 11.6. The number of carbonyl (C=O) groups excluding carboxylic acids is 2. The average molecular weight is 667 g/mol. The minimum atomic E-state index is -0.0251. The van der Waals surface area contributed by atoms with E-state index in [1.165, 1.54) is 19.0 Å². The summed E-state index contributed by atoms with van der Waals surface area (Å²) in [6.07, 6.45) is 7.70. The van der Waals surface area contributed by atoms with Crippen LogP contribution in [0.5, 0.6) is 5.88 Å². The minimum Gasteiger partial charge on any atom is -0.481 e. The molecule has 13 nitrogen and oxygen atoms in total. The number of rotatable bonds is 11. The fraction of sp³-hybridized carbons (Fsp3) is 0.361. The SMILES string of the molecule is CCN1CCC(C(=O)N(CC)c2ccc(N)c(C(=N)c3ccc(OC)nc3)n2)C1.CN=CN=C(N)c1ccc(C2=CCN(C=O)CC2)cc1. The molecule has 49 heavy (non-hydrogen) atoms. The van der Waals surface area contributed by atoms with Gasteiger partial charge in [0.25, 0.3) is 0 Å². The van der Waals surface area contributed by atoms with Crippen molar-refractivity contribution in [1.82, 2.24) is 19.8 Å². The first-order valence-corrected chi connectivity index (χ1v) is 16.3. The largest absolute Gasteiger partial charge is 0.481 e. The molecule has 0 bridgehead atoms. The maximum Gasteiger partial charge on any atom is 0.232 e. The summed E-state index contributed by atoms with van der Waals surface area (Å²) in [7, 11) is 3.19. The number of anilines is 2. The van der Waals surface area contributed by atoms with Crippen molar-refractivity contribution in [3.05, 3.63) is 83.2 Å². The number of pyridine rings is 2. The standard InChI is InChI=1S/C21H28N6O2.C15H18N4O/c1-4-26-11-10-15(13-26)21(28)27(5-2)17-8-7-16(22)20(25-17)19(23)14-6-9-18(29-3)24-12-14;1-17-10-18-15(16)14-4-2-12(3-5-14)13-6-8-19(11-20)9-7-13/h6-9,12,15,23H,4-5,10-11,13,22H2,1-3H3;2-6,10-11H,7-9H2,1H3,(H2,16,17,18). The smallest absolute Gasteiger partial charge is 0.232 e. The number of hydrogen-bond donors (Lipinski definition) is 3. The monoisotopic (exact) mass is 666 g/mol. The predicted octanol–water partition coefficient (Wildman–Crippen LogP) is 3.47. The van der Waals surface area contributed by atoms with Crippen LogP contribution in [0.15, 0.2) is 70.8 Å². The molecule has 2 aromatic heterocycles. The number of methoxy groups -OCH3 is 1. The molecule has 258 valence electrons. The molecule has 2 aliphatic heterocycles. The molecule has 13 heteroatoms. The van der Waals surface area contributed by atoms with Crippen LogP contribution >= 0.6 is 0 Å². The molecule has 3 aromatic rings. The molecule has 2 amide bonds. The lowest BCUT2D eigenvalue weighted by Crippen LogP contribution is -2.38. The van der Waals surface area contributed by atoms with E-state index >= 15 is 0 Å². The summed E-state index contributed by atoms with van der Waals surface area (Å²) in [5, 5.41) is 8.53. The predicted molar refractivity (Wildman–Crippen MR) is 195 cm³/mol. The molecule has 4 heterocycles. The normalized spacial score (nSPS) is 16.5. The number of amides is 2. The van der Waals surface area contributed by atoms with E-state index in [2.05, 4.69) is 37.9 Å². The summed E-state index contributed by atoms with van der Waals surface area (Å²) in [6.45, 7) is 8.67. The molecule has 1 unspecified atom stereocenters. The van der Waals surface area contributed by atoms with Gasteiger partial charge >= 0.3 is 0 Å². The number of ether oxygens (including phenoxy) is 1. The van der Waals surface area contributed by atoms with Crippen molar-refractivity contribution in [2.24, 2.45) is 21.6 Å². The van der Waals surface area contributed by atoms with E-state index in [4.69, 9.17) is 21.6 Å². The number of benzene rings is 1. The third-order valence-electron chi connectivity index (χ3n) is 8.56. The Bertz CT molecular complexity index is 1690. The molecule has 2 aliphatic rings. The van der Waals surface area contributed by atoms with Crippen molar-refractivity contribution in [3.8, 4) is 5.88 Å². The van der Waals surface area contributed by atoms with Crippen LogP contribution in [0.1, 0.15) is 49.1 Å². The molecule has 5 N–H and O–H groups in total. The lowest BCUT2D eigenvalue weighted by molar-refractivity contribution is -0.122. The second kappa shape index (κ2) is 17.6. The Labute approximate surface area is 287 Å². The fourth-order valence-corrected chi connectivity index (χ4v) is 5.66. The van der Waals surface area contributed by atoms with Crippen molar-refractivity contribution in [1.29, 1.82) is 5.41 Å². The van der Waals surface area contributed by atoms with Crippen LogP contribution < -0.4 is 21.1 Å². The Hall–Kier alpha value is -5.43. The zero-order valence-corrected chi connectivity index (χ0v) is 28.7. The van der Waals surface area contributed by atoms with Gasteiger partial charge in [-0.25, -0.2) is 15.0 Å². The molecule has 0 radical (unpaired) electrons. The molecule has 1 saturated heterocycles. The van der Waals surface area contributed by atoms with Gasteiger partial charge in [0.1, 0.15) is 23.7 Å². The Morgan fingerprint density at radius 3 is 2.45 bits per heavy atom. The van der Waals surface area contributed by atoms with Crippen LogP contribution in [0.2, 0.25) is 0 Å². The zero-order chi connectivity index (χ0) is 35.3. The topological polar surface area (TPSA) is 179 Å². The van der Waals surface area contributed by atoms with Crippen molar-refractivity contribution in [2.75, 3.05) is 64.1 Å². The Morgan fingerprint density at radius 2 is 1.88 bits per heavy atom. The summed E-state index contributed by atoms with van der Waals surface area (Å²) in [4.78, 5) is 46.0. The number of nitrogens with zero attached hydrogens (tertiary/aromatic N) is 7. The highest BCUT2D eigenvalue weighted by Crippen LogP contribution is 2.25. The summed E-state index contributed by atoms with van der Waals surface area (Å²) < 4.78 is 5.06. The van der Waals surface area contributed by atoms with Gasteiger partial charge < -0.3 is 26.0 Å². The number of carbonyl (C=O) groups is 2. The van der Waals surface area contributed by atoms with Gasteiger partial charge in [-0.2, -0.15) is 0 Å². The molecule has 0 spiro atoms. The van der Waals surface area contributed by atoms with Crippen LogP contribution in [0.4, 0.5) is 11.5 Å². The van der Waals surface area contributed by atoms with Crippen molar-refractivity contribution < 1.29 is 14.3 Å². The molecule has 1 fully saturated rings. The number of hydrogen-bond acceptors (Lipinski definition) is 9. The first kappa shape index (κ1) is 36.4. The highest BCUT2D eigenvalue weighted by atomic mass is 16.5. The molecule has 1 aromatic carbocycles. The van der Waals surface area contributed by atoms with Gasteiger partial charge in [0, 0.05) is 56.6 Å². The van der Waals surface area contributed by atoms with E-state index in [1.54, 1.807) is 47.3 Å². The fourth-order valence-electron chi connectivity index (χ4n) is 5.66. The minimum absolute atomic E-state index is 0.0251. The number of nitrogens with two attached hydrogens (primary N) is 2. The maximum atomic E-state index is 13.1. The van der Waals surface area contributed by atoms with Crippen molar-refractivity contribution in [2.45, 2.75) is 26.7 Å². The third kappa shape index (κ3) is 9.35. The molecular weight excluding hydrogens is 620 g/mol. The van der Waals surface area contributed by atoms with Gasteiger partial charge in [0.2, 0.25) is 18.2 Å². The third-order valence-corrected chi connectivity index (χ3v) is 8.56. The highest BCUT2D eigenvalue weighted by molar-refractivity contribution is 6.12. The number of nitrogens with one attached hydrogen (secondary N) is 1. The van der Waals surface area contributed by atoms with Gasteiger partial charge in [0.05, 0.1) is 24.4 Å². The summed E-state index contributed by atoms with van der Waals surface area (Å²) in [5.41, 5.74) is 16.7. The average Bonchev–Trinajstić information content (AvgIpc) is 3.64. The maximum absolute atomic E-state index is 13.1. The highest BCUT2D eigenvalue weighted by Gasteiger charge is 2.31. The van der Waals surface area contributed by atoms with Gasteiger partial charge in [-0.15, -0.1) is 0 Å². The number of aliphatic imine (C=N–C) groups is 2. The molecule has 1 atom stereocenters. The molecule has 5 rings (SSSR count). The summed E-state index contributed by atoms with van der Waals surface area (Å²) in [5.74, 6) is 1.48. The number of aromatic nitrogens is 2. The summed E-state index contributed by atoms with van der Waals surface area (Å²) in [6, 6.07) is 14.8. The number of amidine groups is 1. The van der Waals surface area contributed by atoms with E-state index in [0.717, 1.165) is 56.6 Å². The van der Waals surface area contributed by atoms with Crippen molar-refractivity contribution >= 4 is 47.3 Å². The molecule has 0 aliphatic carbocycles. The van der Waals surface area contributed by atoms with Gasteiger partial charge in [-0.3, -0.25) is 24.9 Å². The van der Waals surface area contributed by atoms with Gasteiger partial charge in [-0.05, 0) is 62.2 Å². The Kier molecular flexibility index (Phi) is 13.1. The van der Waals surface area contributed by atoms with Gasteiger partial charge in [-0.1, -0.05) is 37.3 Å². The van der Waals surface area contributed by atoms with Crippen LogP contribution in [0.3, 0.4) is 0 Å². The van der Waals surface area contributed by atoms with E-state index in [9.17, 15) is 9.59 Å². The second-order valence-electron chi connectivity index (χ2n) is 11.6. The number of likely N-dealkylation sites (tertiary alicyclic amines) is 1. The van der Waals surface area contributed by atoms with Gasteiger partial charge in [0.15, 0.2) is 0 Å². The van der Waals surface area contributed by atoms with Crippen molar-refractivity contribution in [3.63, 3.8) is 0 Å². The lowest BCUT2D eigenvalue weighted by atomic mass is 9.98. The Balaban J connectivity index is 0.000000237. The van der Waals surface area contributed by atoms with Crippen LogP contribution in [-0.2, 0) is 9.59 Å². The van der Waals surface area contributed by atoms with Crippen LogP contribution in [-0.4, -0.2) is 103 Å². The van der Waals surface area contributed by atoms with E-state index in [1.807, 2.05) is 31.2 Å². The first-order chi connectivity index (χ1) is 23.7. The zero-order valence-electron chi connectivity index (χ0n) is 28.7. The van der Waals surface area contributed by atoms with E-state index < -0.39 is 0 Å². The van der Waals surface area contributed by atoms with Crippen LogP contribution in [0, 0.1) is 11.3 Å². The lowest BCUT2D eigenvalue weighted by Gasteiger charge is -2.24. The first-order valence-electron chi connectivity index (χ1n) is 16.3. The number of nitrogen functional groups attached to an aromatic ring is 1. The molecule has 0 saturated carbocycles. The summed E-state index contributed by atoms with van der Waals surface area (Å²) >= 11 is 0. The Morgan fingerprint density at radius 1 is 1.12 bits per heavy atom. The van der Waals surface area contributed by atoms with E-state index in [-0.39, 0.29) is 17.5 Å². The van der Waals surface area contributed by atoms with E-state index in [0.29, 0.717) is 47.6 Å². The molecular formula is C36H46N10O3.